The lowest BCUT2D eigenvalue weighted by atomic mass is 10.2. The molecule has 2 rings (SSSR count). The van der Waals surface area contributed by atoms with Crippen LogP contribution in [0.15, 0.2) is 30.6 Å². The first-order valence-electron chi connectivity index (χ1n) is 6.84. The van der Waals surface area contributed by atoms with Crippen LogP contribution in [0.3, 0.4) is 0 Å². The Kier molecular flexibility index (Phi) is 4.87. The summed E-state index contributed by atoms with van der Waals surface area (Å²) in [7, 11) is 1.98. The maximum Gasteiger partial charge on any atom is 0.163 e. The van der Waals surface area contributed by atoms with Gasteiger partial charge in [-0.2, -0.15) is 0 Å². The van der Waals surface area contributed by atoms with E-state index in [2.05, 4.69) is 10.3 Å². The molecule has 0 saturated heterocycles. The molecule has 1 aromatic heterocycles. The number of nitrogens with one attached hydrogen (secondary N) is 1. The average molecular weight is 275 g/mol. The van der Waals surface area contributed by atoms with Gasteiger partial charge in [0.05, 0.1) is 19.8 Å². The van der Waals surface area contributed by atoms with Crippen LogP contribution in [0.2, 0.25) is 0 Å². The van der Waals surface area contributed by atoms with E-state index in [1.165, 1.54) is 0 Å². The maximum atomic E-state index is 5.61. The van der Waals surface area contributed by atoms with E-state index in [-0.39, 0.29) is 0 Å². The minimum Gasteiger partial charge on any atom is -0.490 e. The fourth-order valence-electron chi connectivity index (χ4n) is 1.91. The van der Waals surface area contributed by atoms with Crippen molar-refractivity contribution >= 4 is 5.69 Å². The van der Waals surface area contributed by atoms with Gasteiger partial charge in [-0.05, 0) is 26.0 Å². The molecule has 0 aliphatic heterocycles. The number of rotatable bonds is 7. The van der Waals surface area contributed by atoms with E-state index in [1.807, 2.05) is 49.9 Å². The molecule has 0 aliphatic carbocycles. The van der Waals surface area contributed by atoms with Crippen LogP contribution in [0.5, 0.6) is 11.5 Å². The van der Waals surface area contributed by atoms with E-state index in [9.17, 15) is 0 Å². The van der Waals surface area contributed by atoms with Crippen LogP contribution >= 0.6 is 0 Å². The molecule has 108 valence electrons. The zero-order valence-electron chi connectivity index (χ0n) is 12.2. The fraction of sp³-hybridized carbons (Fsp3) is 0.400. The Labute approximate surface area is 119 Å². The molecule has 0 radical (unpaired) electrons. The van der Waals surface area contributed by atoms with Crippen molar-refractivity contribution in [1.29, 1.82) is 0 Å². The molecule has 0 unspecified atom stereocenters. The largest absolute Gasteiger partial charge is 0.490 e. The molecular formula is C15H21N3O2. The smallest absolute Gasteiger partial charge is 0.163 e. The second-order valence-corrected chi connectivity index (χ2v) is 4.34. The molecule has 0 fully saturated rings. The van der Waals surface area contributed by atoms with Gasteiger partial charge in [0.2, 0.25) is 0 Å². The predicted molar refractivity (Wildman–Crippen MR) is 79.3 cm³/mol. The van der Waals surface area contributed by atoms with Gasteiger partial charge in [-0.3, -0.25) is 0 Å². The summed E-state index contributed by atoms with van der Waals surface area (Å²) >= 11 is 0. The number of benzene rings is 1. The van der Waals surface area contributed by atoms with Crippen LogP contribution in [-0.4, -0.2) is 22.8 Å². The third-order valence-corrected chi connectivity index (χ3v) is 2.91. The van der Waals surface area contributed by atoms with Crippen molar-refractivity contribution in [2.24, 2.45) is 7.05 Å². The molecule has 5 nitrogen and oxygen atoms in total. The van der Waals surface area contributed by atoms with Crippen LogP contribution in [0, 0.1) is 0 Å². The van der Waals surface area contributed by atoms with Gasteiger partial charge in [-0.1, -0.05) is 0 Å². The van der Waals surface area contributed by atoms with Crippen LogP contribution in [0.4, 0.5) is 5.69 Å². The quantitative estimate of drug-likeness (QED) is 0.844. The second-order valence-electron chi connectivity index (χ2n) is 4.34. The third-order valence-electron chi connectivity index (χ3n) is 2.91. The molecule has 5 heteroatoms. The third kappa shape index (κ3) is 3.44. The number of ether oxygens (including phenoxy) is 2. The Bertz CT molecular complexity index is 552. The first-order valence-corrected chi connectivity index (χ1v) is 6.84. The van der Waals surface area contributed by atoms with Crippen LogP contribution in [0.1, 0.15) is 19.7 Å². The lowest BCUT2D eigenvalue weighted by molar-refractivity contribution is 0.288. The molecule has 20 heavy (non-hydrogen) atoms. The molecule has 1 aromatic carbocycles. The topological polar surface area (TPSA) is 48.3 Å². The highest BCUT2D eigenvalue weighted by Crippen LogP contribution is 2.30. The summed E-state index contributed by atoms with van der Waals surface area (Å²) < 4.78 is 13.1. The van der Waals surface area contributed by atoms with E-state index in [0.717, 1.165) is 23.0 Å². The summed E-state index contributed by atoms with van der Waals surface area (Å²) in [5.41, 5.74) is 0.986. The number of aryl methyl sites for hydroxylation is 1. The number of anilines is 1. The summed E-state index contributed by atoms with van der Waals surface area (Å²) in [6, 6.07) is 5.86. The Morgan fingerprint density at radius 2 is 1.90 bits per heavy atom. The first-order chi connectivity index (χ1) is 9.74. The number of nitrogens with zero attached hydrogens (tertiary/aromatic N) is 2. The Morgan fingerprint density at radius 3 is 2.55 bits per heavy atom. The van der Waals surface area contributed by atoms with Crippen molar-refractivity contribution in [3.05, 3.63) is 36.4 Å². The standard InChI is InChI=1S/C15H21N3O2/c1-4-19-13-7-6-12(10-14(13)20-5-2)17-11-15-16-8-9-18(15)3/h6-10,17H,4-5,11H2,1-3H3. The van der Waals surface area contributed by atoms with Crippen molar-refractivity contribution < 1.29 is 9.47 Å². The van der Waals surface area contributed by atoms with Gasteiger partial charge in [0.15, 0.2) is 11.5 Å². The lowest BCUT2D eigenvalue weighted by Crippen LogP contribution is -2.06. The average Bonchev–Trinajstić information content (AvgIpc) is 2.85. The van der Waals surface area contributed by atoms with Gasteiger partial charge in [0.25, 0.3) is 0 Å². The summed E-state index contributed by atoms with van der Waals surface area (Å²) in [6.45, 7) is 5.83. The Hall–Kier alpha value is -2.17. The molecule has 0 spiro atoms. The number of hydrogen-bond acceptors (Lipinski definition) is 4. The minimum atomic E-state index is 0.614. The highest BCUT2D eigenvalue weighted by Gasteiger charge is 2.06. The molecule has 0 bridgehead atoms. The summed E-state index contributed by atoms with van der Waals surface area (Å²) in [4.78, 5) is 4.28. The SMILES string of the molecule is CCOc1ccc(NCc2nccn2C)cc1OCC. The number of hydrogen-bond donors (Lipinski definition) is 1. The maximum absolute atomic E-state index is 5.61. The molecule has 0 aliphatic rings. The van der Waals surface area contributed by atoms with Crippen LogP contribution < -0.4 is 14.8 Å². The number of aromatic nitrogens is 2. The van der Waals surface area contributed by atoms with Crippen molar-refractivity contribution in [1.82, 2.24) is 9.55 Å². The normalized spacial score (nSPS) is 10.3. The highest BCUT2D eigenvalue weighted by atomic mass is 16.5. The number of imidazole rings is 1. The van der Waals surface area contributed by atoms with E-state index >= 15 is 0 Å². The monoisotopic (exact) mass is 275 g/mol. The van der Waals surface area contributed by atoms with Crippen molar-refractivity contribution in [3.63, 3.8) is 0 Å². The van der Waals surface area contributed by atoms with Crippen LogP contribution in [0.25, 0.3) is 0 Å². The van der Waals surface area contributed by atoms with Gasteiger partial charge >= 0.3 is 0 Å². The molecular weight excluding hydrogens is 254 g/mol. The van der Waals surface area contributed by atoms with Crippen molar-refractivity contribution in [2.45, 2.75) is 20.4 Å². The lowest BCUT2D eigenvalue weighted by Gasteiger charge is -2.13. The Balaban J connectivity index is 2.08. The van der Waals surface area contributed by atoms with Gasteiger partial charge in [-0.15, -0.1) is 0 Å². The molecule has 2 aromatic rings. The summed E-state index contributed by atoms with van der Waals surface area (Å²) in [5.74, 6) is 2.52. The first kappa shape index (κ1) is 14.2. The molecule has 1 N–H and O–H groups in total. The predicted octanol–water partition coefficient (Wildman–Crippen LogP) is 2.83. The molecule has 0 amide bonds. The minimum absolute atomic E-state index is 0.614. The van der Waals surface area contributed by atoms with Crippen molar-refractivity contribution in [2.75, 3.05) is 18.5 Å². The van der Waals surface area contributed by atoms with Gasteiger partial charge in [0, 0.05) is 31.2 Å². The zero-order valence-corrected chi connectivity index (χ0v) is 12.2. The van der Waals surface area contributed by atoms with E-state index in [1.54, 1.807) is 6.20 Å². The summed E-state index contributed by atoms with van der Waals surface area (Å²) in [6.07, 6.45) is 3.72. The van der Waals surface area contributed by atoms with E-state index in [4.69, 9.17) is 9.47 Å². The fourth-order valence-corrected chi connectivity index (χ4v) is 1.91. The van der Waals surface area contributed by atoms with Gasteiger partial charge < -0.3 is 19.4 Å². The van der Waals surface area contributed by atoms with Gasteiger partial charge in [0.1, 0.15) is 5.82 Å². The zero-order chi connectivity index (χ0) is 14.4. The van der Waals surface area contributed by atoms with Gasteiger partial charge in [-0.25, -0.2) is 4.98 Å². The summed E-state index contributed by atoms with van der Waals surface area (Å²) in [5, 5.41) is 3.34. The highest BCUT2D eigenvalue weighted by molar-refractivity contribution is 5.54. The second kappa shape index (κ2) is 6.84. The van der Waals surface area contributed by atoms with Crippen LogP contribution in [-0.2, 0) is 13.6 Å². The van der Waals surface area contributed by atoms with E-state index < -0.39 is 0 Å². The molecule has 1 heterocycles. The Morgan fingerprint density at radius 1 is 1.15 bits per heavy atom. The molecule has 0 atom stereocenters. The molecule has 0 saturated carbocycles. The van der Waals surface area contributed by atoms with Crippen molar-refractivity contribution in [3.8, 4) is 11.5 Å². The van der Waals surface area contributed by atoms with E-state index in [0.29, 0.717) is 19.8 Å².